The summed E-state index contributed by atoms with van der Waals surface area (Å²) in [7, 11) is 0. The fourth-order valence-corrected chi connectivity index (χ4v) is 1.82. The molecule has 2 rings (SSSR count). The van der Waals surface area contributed by atoms with Crippen molar-refractivity contribution in [1.29, 1.82) is 0 Å². The number of hydrogen-bond donors (Lipinski definition) is 1. The standard InChI is InChI=1S/C13H14BrN3/c1-10-6-11(2-3-13(10)14)7-16-8-12-4-5-15-9-17-12/h2-6,9,16H,7-8H2,1H3. The SMILES string of the molecule is Cc1cc(CNCc2ccncn2)ccc1Br. The largest absolute Gasteiger partial charge is 0.307 e. The Kier molecular flexibility index (Phi) is 4.23. The summed E-state index contributed by atoms with van der Waals surface area (Å²) in [5.41, 5.74) is 3.54. The lowest BCUT2D eigenvalue weighted by Crippen LogP contribution is -2.13. The predicted octanol–water partition coefficient (Wildman–Crippen LogP) is 2.84. The summed E-state index contributed by atoms with van der Waals surface area (Å²) in [6.07, 6.45) is 3.33. The second-order valence-electron chi connectivity index (χ2n) is 3.89. The minimum Gasteiger partial charge on any atom is -0.307 e. The van der Waals surface area contributed by atoms with Crippen molar-refractivity contribution in [2.75, 3.05) is 0 Å². The number of rotatable bonds is 4. The van der Waals surface area contributed by atoms with Gasteiger partial charge in [0.1, 0.15) is 6.33 Å². The average Bonchev–Trinajstić information content (AvgIpc) is 2.35. The van der Waals surface area contributed by atoms with E-state index in [9.17, 15) is 0 Å². The van der Waals surface area contributed by atoms with E-state index >= 15 is 0 Å². The number of aromatic nitrogens is 2. The van der Waals surface area contributed by atoms with Crippen LogP contribution in [0.25, 0.3) is 0 Å². The molecule has 1 N–H and O–H groups in total. The summed E-state index contributed by atoms with van der Waals surface area (Å²) in [5, 5.41) is 3.36. The minimum absolute atomic E-state index is 0.762. The molecule has 1 aromatic heterocycles. The van der Waals surface area contributed by atoms with E-state index in [0.717, 1.165) is 23.3 Å². The van der Waals surface area contributed by atoms with Gasteiger partial charge >= 0.3 is 0 Å². The molecule has 0 unspecified atom stereocenters. The zero-order valence-corrected chi connectivity index (χ0v) is 11.2. The monoisotopic (exact) mass is 291 g/mol. The Hall–Kier alpha value is -1.26. The van der Waals surface area contributed by atoms with Gasteiger partial charge in [0.25, 0.3) is 0 Å². The Morgan fingerprint density at radius 1 is 1.24 bits per heavy atom. The maximum Gasteiger partial charge on any atom is 0.115 e. The van der Waals surface area contributed by atoms with E-state index in [-0.39, 0.29) is 0 Å². The molecule has 0 aliphatic carbocycles. The summed E-state index contributed by atoms with van der Waals surface area (Å²) >= 11 is 3.50. The van der Waals surface area contributed by atoms with Gasteiger partial charge in [-0.05, 0) is 30.2 Å². The molecule has 0 spiro atoms. The Morgan fingerprint density at radius 3 is 2.82 bits per heavy atom. The summed E-state index contributed by atoms with van der Waals surface area (Å²) in [5.74, 6) is 0. The van der Waals surface area contributed by atoms with E-state index in [1.165, 1.54) is 11.1 Å². The molecule has 1 heterocycles. The van der Waals surface area contributed by atoms with Gasteiger partial charge in [-0.2, -0.15) is 0 Å². The van der Waals surface area contributed by atoms with E-state index in [0.29, 0.717) is 0 Å². The molecular weight excluding hydrogens is 278 g/mol. The highest BCUT2D eigenvalue weighted by molar-refractivity contribution is 9.10. The second-order valence-corrected chi connectivity index (χ2v) is 4.74. The van der Waals surface area contributed by atoms with Crippen LogP contribution in [-0.2, 0) is 13.1 Å². The summed E-state index contributed by atoms with van der Waals surface area (Å²) < 4.78 is 1.15. The average molecular weight is 292 g/mol. The van der Waals surface area contributed by atoms with E-state index < -0.39 is 0 Å². The number of halogens is 1. The van der Waals surface area contributed by atoms with E-state index in [1.807, 2.05) is 6.07 Å². The van der Waals surface area contributed by atoms with Crippen molar-refractivity contribution in [3.05, 3.63) is 58.1 Å². The lowest BCUT2D eigenvalue weighted by atomic mass is 10.1. The first kappa shape index (κ1) is 12.2. The third-order valence-corrected chi connectivity index (χ3v) is 3.39. The van der Waals surface area contributed by atoms with Crippen LogP contribution in [0.5, 0.6) is 0 Å². The summed E-state index contributed by atoms with van der Waals surface area (Å²) in [6.45, 7) is 3.70. The molecule has 0 saturated carbocycles. The van der Waals surface area contributed by atoms with Gasteiger partial charge < -0.3 is 5.32 Å². The van der Waals surface area contributed by atoms with E-state index in [4.69, 9.17) is 0 Å². The van der Waals surface area contributed by atoms with Crippen LogP contribution in [0.1, 0.15) is 16.8 Å². The first-order valence-corrected chi connectivity index (χ1v) is 6.25. The topological polar surface area (TPSA) is 37.8 Å². The van der Waals surface area contributed by atoms with Crippen LogP contribution in [0.4, 0.5) is 0 Å². The van der Waals surface area contributed by atoms with Crippen LogP contribution in [0, 0.1) is 6.92 Å². The smallest absolute Gasteiger partial charge is 0.115 e. The van der Waals surface area contributed by atoms with Crippen LogP contribution < -0.4 is 5.32 Å². The van der Waals surface area contributed by atoms with Crippen LogP contribution >= 0.6 is 15.9 Å². The number of nitrogens with zero attached hydrogens (tertiary/aromatic N) is 2. The molecule has 0 saturated heterocycles. The van der Waals surface area contributed by atoms with E-state index in [1.54, 1.807) is 12.5 Å². The molecule has 17 heavy (non-hydrogen) atoms. The highest BCUT2D eigenvalue weighted by Gasteiger charge is 1.98. The van der Waals surface area contributed by atoms with Crippen LogP contribution in [0.2, 0.25) is 0 Å². The van der Waals surface area contributed by atoms with Crippen molar-refractivity contribution in [1.82, 2.24) is 15.3 Å². The van der Waals surface area contributed by atoms with Gasteiger partial charge in [-0.15, -0.1) is 0 Å². The fourth-order valence-electron chi connectivity index (χ4n) is 1.57. The lowest BCUT2D eigenvalue weighted by molar-refractivity contribution is 0.677. The zero-order valence-electron chi connectivity index (χ0n) is 9.65. The normalized spacial score (nSPS) is 10.5. The maximum absolute atomic E-state index is 4.16. The van der Waals surface area contributed by atoms with Gasteiger partial charge in [-0.3, -0.25) is 0 Å². The van der Waals surface area contributed by atoms with Gasteiger partial charge in [-0.1, -0.05) is 28.1 Å². The van der Waals surface area contributed by atoms with Crippen molar-refractivity contribution in [3.63, 3.8) is 0 Å². The first-order chi connectivity index (χ1) is 8.25. The highest BCUT2D eigenvalue weighted by Crippen LogP contribution is 2.16. The summed E-state index contributed by atoms with van der Waals surface area (Å²) in [6, 6.07) is 8.29. The molecule has 0 bridgehead atoms. The van der Waals surface area contributed by atoms with Crippen LogP contribution in [0.15, 0.2) is 41.3 Å². The minimum atomic E-state index is 0.762. The van der Waals surface area contributed by atoms with E-state index in [2.05, 4.69) is 56.3 Å². The molecule has 1 aromatic carbocycles. The Morgan fingerprint density at radius 2 is 2.12 bits per heavy atom. The molecule has 0 aliphatic rings. The van der Waals surface area contributed by atoms with Gasteiger partial charge in [-0.25, -0.2) is 9.97 Å². The Labute approximate surface area is 109 Å². The van der Waals surface area contributed by atoms with Crippen molar-refractivity contribution >= 4 is 15.9 Å². The third-order valence-electron chi connectivity index (χ3n) is 2.50. The number of aryl methyl sites for hydroxylation is 1. The number of benzene rings is 1. The Bertz CT molecular complexity index is 485. The fraction of sp³-hybridized carbons (Fsp3) is 0.231. The lowest BCUT2D eigenvalue weighted by Gasteiger charge is -2.06. The molecule has 0 fully saturated rings. The summed E-state index contributed by atoms with van der Waals surface area (Å²) in [4.78, 5) is 8.05. The van der Waals surface area contributed by atoms with Crippen molar-refractivity contribution in [2.24, 2.45) is 0 Å². The first-order valence-electron chi connectivity index (χ1n) is 5.46. The maximum atomic E-state index is 4.16. The van der Waals surface area contributed by atoms with Gasteiger partial charge in [0.2, 0.25) is 0 Å². The highest BCUT2D eigenvalue weighted by atomic mass is 79.9. The zero-order chi connectivity index (χ0) is 12.1. The van der Waals surface area contributed by atoms with Gasteiger partial charge in [0.05, 0.1) is 5.69 Å². The Balaban J connectivity index is 1.88. The quantitative estimate of drug-likeness (QED) is 0.941. The van der Waals surface area contributed by atoms with Crippen molar-refractivity contribution in [2.45, 2.75) is 20.0 Å². The molecule has 2 aromatic rings. The second kappa shape index (κ2) is 5.89. The van der Waals surface area contributed by atoms with Gasteiger partial charge in [0, 0.05) is 23.8 Å². The molecular formula is C13H14BrN3. The molecule has 4 heteroatoms. The molecule has 88 valence electrons. The van der Waals surface area contributed by atoms with Crippen molar-refractivity contribution in [3.8, 4) is 0 Å². The predicted molar refractivity (Wildman–Crippen MR) is 71.5 cm³/mol. The van der Waals surface area contributed by atoms with Gasteiger partial charge in [0.15, 0.2) is 0 Å². The van der Waals surface area contributed by atoms with Crippen LogP contribution in [0.3, 0.4) is 0 Å². The molecule has 0 radical (unpaired) electrons. The van der Waals surface area contributed by atoms with Crippen molar-refractivity contribution < 1.29 is 0 Å². The third kappa shape index (κ3) is 3.61. The number of nitrogens with one attached hydrogen (secondary N) is 1. The molecule has 0 amide bonds. The molecule has 0 atom stereocenters. The molecule has 3 nitrogen and oxygen atoms in total. The number of hydrogen-bond acceptors (Lipinski definition) is 3. The van der Waals surface area contributed by atoms with Crippen LogP contribution in [-0.4, -0.2) is 9.97 Å². The molecule has 0 aliphatic heterocycles.